The zero-order valence-corrected chi connectivity index (χ0v) is 11.8. The second-order valence-corrected chi connectivity index (χ2v) is 5.70. The van der Waals surface area contributed by atoms with Gasteiger partial charge in [-0.25, -0.2) is 0 Å². The Morgan fingerprint density at radius 1 is 1.28 bits per heavy atom. The van der Waals surface area contributed by atoms with Gasteiger partial charge in [0.05, 0.1) is 6.10 Å². The molecule has 0 unspecified atom stereocenters. The van der Waals surface area contributed by atoms with Crippen LogP contribution >= 0.6 is 0 Å². The highest BCUT2D eigenvalue weighted by molar-refractivity contribution is 5.80. The van der Waals surface area contributed by atoms with Crippen molar-refractivity contribution in [3.63, 3.8) is 0 Å². The van der Waals surface area contributed by atoms with Crippen molar-refractivity contribution in [2.24, 2.45) is 11.3 Å². The fourth-order valence-corrected chi connectivity index (χ4v) is 2.40. The van der Waals surface area contributed by atoms with E-state index in [2.05, 4.69) is 12.1 Å². The predicted octanol–water partition coefficient (Wildman–Crippen LogP) is 3.23. The number of benzene rings is 1. The number of aliphatic hydroxyl groups is 1. The number of ketones is 1. The van der Waals surface area contributed by atoms with Crippen LogP contribution in [0.25, 0.3) is 0 Å². The van der Waals surface area contributed by atoms with Crippen LogP contribution in [0.2, 0.25) is 0 Å². The molecule has 0 saturated heterocycles. The molecule has 100 valence electrons. The van der Waals surface area contributed by atoms with Crippen molar-refractivity contribution in [2.75, 3.05) is 0 Å². The summed E-state index contributed by atoms with van der Waals surface area (Å²) in [5.74, 6) is -0.169. The van der Waals surface area contributed by atoms with Gasteiger partial charge in [0.2, 0.25) is 0 Å². The summed E-state index contributed by atoms with van der Waals surface area (Å²) in [5.41, 5.74) is 0.892. The van der Waals surface area contributed by atoms with E-state index >= 15 is 0 Å². The SMILES string of the molecule is CCC(=O)[C@H](C)[C@H](O)C(C)(C)Cc1ccccc1. The molecule has 2 heteroatoms. The lowest BCUT2D eigenvalue weighted by molar-refractivity contribution is -0.128. The standard InChI is InChI=1S/C16H24O2/c1-5-14(17)12(2)15(18)16(3,4)11-13-9-7-6-8-10-13/h6-10,12,15,18H,5,11H2,1-4H3/t12-,15-/m0/s1. The first-order valence-corrected chi connectivity index (χ1v) is 6.63. The van der Waals surface area contributed by atoms with E-state index in [0.29, 0.717) is 6.42 Å². The summed E-state index contributed by atoms with van der Waals surface area (Å²) in [5, 5.41) is 10.4. The van der Waals surface area contributed by atoms with E-state index in [1.165, 1.54) is 5.56 Å². The maximum atomic E-state index is 11.7. The third kappa shape index (κ3) is 3.67. The van der Waals surface area contributed by atoms with E-state index in [9.17, 15) is 9.90 Å². The van der Waals surface area contributed by atoms with Gasteiger partial charge in [0.15, 0.2) is 0 Å². The molecule has 0 radical (unpaired) electrons. The number of aliphatic hydroxyl groups excluding tert-OH is 1. The van der Waals surface area contributed by atoms with Gasteiger partial charge < -0.3 is 5.11 Å². The van der Waals surface area contributed by atoms with Crippen LogP contribution in [-0.4, -0.2) is 17.0 Å². The Morgan fingerprint density at radius 3 is 2.33 bits per heavy atom. The minimum absolute atomic E-state index is 0.128. The molecule has 2 atom stereocenters. The molecule has 0 saturated carbocycles. The van der Waals surface area contributed by atoms with Crippen LogP contribution in [0.1, 0.15) is 39.7 Å². The van der Waals surface area contributed by atoms with Gasteiger partial charge >= 0.3 is 0 Å². The molecule has 0 aliphatic rings. The lowest BCUT2D eigenvalue weighted by Gasteiger charge is -2.34. The first-order valence-electron chi connectivity index (χ1n) is 6.63. The average Bonchev–Trinajstić information content (AvgIpc) is 2.36. The largest absolute Gasteiger partial charge is 0.392 e. The van der Waals surface area contributed by atoms with Gasteiger partial charge in [-0.1, -0.05) is 58.0 Å². The molecule has 0 fully saturated rings. The first-order chi connectivity index (χ1) is 8.38. The highest BCUT2D eigenvalue weighted by Gasteiger charge is 2.34. The van der Waals surface area contributed by atoms with Gasteiger partial charge in [-0.2, -0.15) is 0 Å². The number of rotatable bonds is 6. The van der Waals surface area contributed by atoms with E-state index in [4.69, 9.17) is 0 Å². The molecule has 1 rings (SSSR count). The molecule has 0 aliphatic carbocycles. The van der Waals surface area contributed by atoms with Crippen molar-refractivity contribution in [1.82, 2.24) is 0 Å². The lowest BCUT2D eigenvalue weighted by atomic mass is 9.74. The number of Topliss-reactive ketones (excluding diaryl/α,β-unsaturated/α-hetero) is 1. The fraction of sp³-hybridized carbons (Fsp3) is 0.562. The van der Waals surface area contributed by atoms with Gasteiger partial charge in [-0.05, 0) is 17.4 Å². The summed E-state index contributed by atoms with van der Waals surface area (Å²) in [4.78, 5) is 11.7. The Morgan fingerprint density at radius 2 is 1.83 bits per heavy atom. The third-order valence-corrected chi connectivity index (χ3v) is 3.63. The molecule has 1 aromatic carbocycles. The van der Waals surface area contributed by atoms with Crippen LogP contribution in [0.4, 0.5) is 0 Å². The van der Waals surface area contributed by atoms with Crippen LogP contribution in [-0.2, 0) is 11.2 Å². The van der Waals surface area contributed by atoms with Crippen molar-refractivity contribution in [3.8, 4) is 0 Å². The minimum Gasteiger partial charge on any atom is -0.392 e. The monoisotopic (exact) mass is 248 g/mol. The first kappa shape index (κ1) is 14.9. The van der Waals surface area contributed by atoms with E-state index < -0.39 is 6.10 Å². The molecule has 2 nitrogen and oxygen atoms in total. The fourth-order valence-electron chi connectivity index (χ4n) is 2.40. The molecular formula is C16H24O2. The van der Waals surface area contributed by atoms with Crippen molar-refractivity contribution in [2.45, 2.75) is 46.6 Å². The van der Waals surface area contributed by atoms with Gasteiger partial charge in [-0.3, -0.25) is 4.79 Å². The van der Waals surface area contributed by atoms with E-state index in [1.54, 1.807) is 0 Å². The van der Waals surface area contributed by atoms with Crippen LogP contribution in [0.3, 0.4) is 0 Å². The number of carbonyl (C=O) groups is 1. The van der Waals surface area contributed by atoms with Crippen molar-refractivity contribution in [1.29, 1.82) is 0 Å². The Balaban J connectivity index is 2.76. The summed E-state index contributed by atoms with van der Waals surface area (Å²) in [6, 6.07) is 10.1. The summed E-state index contributed by atoms with van der Waals surface area (Å²) >= 11 is 0. The molecule has 0 aromatic heterocycles. The summed E-state index contributed by atoms with van der Waals surface area (Å²) in [7, 11) is 0. The van der Waals surface area contributed by atoms with Crippen LogP contribution in [0.5, 0.6) is 0 Å². The zero-order valence-electron chi connectivity index (χ0n) is 11.8. The van der Waals surface area contributed by atoms with Gasteiger partial charge in [0.25, 0.3) is 0 Å². The average molecular weight is 248 g/mol. The number of hydrogen-bond donors (Lipinski definition) is 1. The van der Waals surface area contributed by atoms with E-state index in [1.807, 2.05) is 45.9 Å². The molecule has 0 amide bonds. The summed E-state index contributed by atoms with van der Waals surface area (Å²) in [6.45, 7) is 7.70. The maximum Gasteiger partial charge on any atom is 0.138 e. The smallest absolute Gasteiger partial charge is 0.138 e. The van der Waals surface area contributed by atoms with Crippen LogP contribution in [0, 0.1) is 11.3 Å². The van der Waals surface area contributed by atoms with Crippen molar-refractivity contribution >= 4 is 5.78 Å². The summed E-state index contributed by atoms with van der Waals surface area (Å²) < 4.78 is 0. The maximum absolute atomic E-state index is 11.7. The number of carbonyl (C=O) groups excluding carboxylic acids is 1. The Bertz CT molecular complexity index is 381. The quantitative estimate of drug-likeness (QED) is 0.839. The Kier molecular flexibility index (Phi) is 5.09. The third-order valence-electron chi connectivity index (χ3n) is 3.63. The second-order valence-electron chi connectivity index (χ2n) is 5.70. The molecule has 1 aromatic rings. The summed E-state index contributed by atoms with van der Waals surface area (Å²) in [6.07, 6.45) is 0.654. The molecule has 0 bridgehead atoms. The highest BCUT2D eigenvalue weighted by atomic mass is 16.3. The lowest BCUT2D eigenvalue weighted by Crippen LogP contribution is -2.39. The van der Waals surface area contributed by atoms with Crippen molar-refractivity contribution in [3.05, 3.63) is 35.9 Å². The molecule has 0 aliphatic heterocycles. The number of hydrogen-bond acceptors (Lipinski definition) is 2. The molecule has 1 N–H and O–H groups in total. The Labute approximate surface area is 110 Å². The molecule has 0 heterocycles. The minimum atomic E-state index is -0.606. The predicted molar refractivity (Wildman–Crippen MR) is 74.4 cm³/mol. The van der Waals surface area contributed by atoms with E-state index in [-0.39, 0.29) is 17.1 Å². The van der Waals surface area contributed by atoms with E-state index in [0.717, 1.165) is 6.42 Å². The molecular weight excluding hydrogens is 224 g/mol. The molecule has 18 heavy (non-hydrogen) atoms. The molecule has 0 spiro atoms. The second kappa shape index (κ2) is 6.14. The van der Waals surface area contributed by atoms with Gasteiger partial charge in [0.1, 0.15) is 5.78 Å². The van der Waals surface area contributed by atoms with Crippen molar-refractivity contribution < 1.29 is 9.90 Å². The van der Waals surface area contributed by atoms with Crippen LogP contribution < -0.4 is 0 Å². The zero-order chi connectivity index (χ0) is 13.8. The normalized spacial score (nSPS) is 15.2. The van der Waals surface area contributed by atoms with Gasteiger partial charge in [0, 0.05) is 12.3 Å². The van der Waals surface area contributed by atoms with Crippen LogP contribution in [0.15, 0.2) is 30.3 Å². The topological polar surface area (TPSA) is 37.3 Å². The highest BCUT2D eigenvalue weighted by Crippen LogP contribution is 2.31. The van der Waals surface area contributed by atoms with Gasteiger partial charge in [-0.15, -0.1) is 0 Å². The Hall–Kier alpha value is -1.15.